The van der Waals surface area contributed by atoms with E-state index in [2.05, 4.69) is 0 Å². The van der Waals surface area contributed by atoms with Crippen LogP contribution in [-0.2, 0) is 9.53 Å². The van der Waals surface area contributed by atoms with Crippen molar-refractivity contribution < 1.29 is 14.6 Å². The molecule has 0 aromatic carbocycles. The van der Waals surface area contributed by atoms with Gasteiger partial charge in [0.25, 0.3) is 0 Å². The monoisotopic (exact) mass is 188 g/mol. The number of esters is 1. The van der Waals surface area contributed by atoms with Crippen molar-refractivity contribution in [2.24, 2.45) is 11.8 Å². The van der Waals surface area contributed by atoms with Crippen molar-refractivity contribution in [1.29, 1.82) is 0 Å². The Morgan fingerprint density at radius 1 is 1.38 bits per heavy atom. The largest absolute Gasteiger partial charge is 0.460 e. The summed E-state index contributed by atoms with van der Waals surface area (Å²) in [5.41, 5.74) is -0.473. The summed E-state index contributed by atoms with van der Waals surface area (Å²) in [5.74, 6) is -0.607. The van der Waals surface area contributed by atoms with Gasteiger partial charge in [0.2, 0.25) is 0 Å². The molecule has 0 heterocycles. The highest BCUT2D eigenvalue weighted by molar-refractivity contribution is 5.73. The van der Waals surface area contributed by atoms with E-state index < -0.39 is 11.5 Å². The summed E-state index contributed by atoms with van der Waals surface area (Å²) in [6.45, 7) is 9.10. The predicted molar refractivity (Wildman–Crippen MR) is 51.3 cm³/mol. The second-order valence-electron chi connectivity index (χ2n) is 4.57. The van der Waals surface area contributed by atoms with E-state index >= 15 is 0 Å². The molecule has 1 atom stereocenters. The minimum Gasteiger partial charge on any atom is -0.460 e. The van der Waals surface area contributed by atoms with Gasteiger partial charge in [0, 0.05) is 0 Å². The molecule has 0 aromatic rings. The zero-order chi connectivity index (χ0) is 10.6. The topological polar surface area (TPSA) is 46.5 Å². The fraction of sp³-hybridized carbons (Fsp3) is 0.900. The summed E-state index contributed by atoms with van der Waals surface area (Å²) in [6, 6.07) is 0. The molecular weight excluding hydrogens is 168 g/mol. The molecule has 3 nitrogen and oxygen atoms in total. The molecule has 3 heteroatoms. The van der Waals surface area contributed by atoms with Crippen LogP contribution in [0.4, 0.5) is 0 Å². The Labute approximate surface area is 80.1 Å². The van der Waals surface area contributed by atoms with E-state index in [4.69, 9.17) is 9.84 Å². The van der Waals surface area contributed by atoms with Gasteiger partial charge in [-0.1, -0.05) is 13.8 Å². The van der Waals surface area contributed by atoms with Gasteiger partial charge in [0.1, 0.15) is 5.60 Å². The maximum atomic E-state index is 11.4. The van der Waals surface area contributed by atoms with Gasteiger partial charge in [-0.3, -0.25) is 4.79 Å². The number of hydrogen-bond acceptors (Lipinski definition) is 3. The predicted octanol–water partition coefficient (Wildman–Crippen LogP) is 1.59. The number of aliphatic hydroxyl groups excluding tert-OH is 1. The number of rotatable bonds is 3. The van der Waals surface area contributed by atoms with Crippen LogP contribution in [0.25, 0.3) is 0 Å². The van der Waals surface area contributed by atoms with Crippen LogP contribution in [0.1, 0.15) is 34.6 Å². The molecule has 0 aliphatic heterocycles. The number of carbonyl (C=O) groups excluding carboxylic acids is 1. The van der Waals surface area contributed by atoms with Gasteiger partial charge < -0.3 is 9.84 Å². The summed E-state index contributed by atoms with van der Waals surface area (Å²) >= 11 is 0. The SMILES string of the molecule is CC(C)[C@@H](CO)C(=O)OC(C)(C)C. The molecule has 0 rings (SSSR count). The molecule has 1 N–H and O–H groups in total. The standard InChI is InChI=1S/C10H20O3/c1-7(2)8(6-11)9(12)13-10(3,4)5/h7-8,11H,6H2,1-5H3/t8-/m1/s1. The van der Waals surface area contributed by atoms with Crippen molar-refractivity contribution in [3.63, 3.8) is 0 Å². The highest BCUT2D eigenvalue weighted by Gasteiger charge is 2.26. The Bertz CT molecular complexity index is 167. The maximum absolute atomic E-state index is 11.4. The molecule has 78 valence electrons. The highest BCUT2D eigenvalue weighted by atomic mass is 16.6. The molecule has 13 heavy (non-hydrogen) atoms. The van der Waals surface area contributed by atoms with Crippen LogP contribution < -0.4 is 0 Å². The summed E-state index contributed by atoms with van der Waals surface area (Å²) in [5, 5.41) is 8.96. The van der Waals surface area contributed by atoms with E-state index in [0.717, 1.165) is 0 Å². The third kappa shape index (κ3) is 4.88. The van der Waals surface area contributed by atoms with Gasteiger partial charge >= 0.3 is 5.97 Å². The van der Waals surface area contributed by atoms with Crippen molar-refractivity contribution >= 4 is 5.97 Å². The van der Waals surface area contributed by atoms with Crippen molar-refractivity contribution in [3.8, 4) is 0 Å². The Kier molecular flexibility index (Phi) is 4.40. The quantitative estimate of drug-likeness (QED) is 0.684. The average Bonchev–Trinajstić information content (AvgIpc) is 1.82. The van der Waals surface area contributed by atoms with Crippen molar-refractivity contribution in [2.75, 3.05) is 6.61 Å². The molecule has 0 bridgehead atoms. The molecule has 0 radical (unpaired) electrons. The van der Waals surface area contributed by atoms with Crippen LogP contribution >= 0.6 is 0 Å². The van der Waals surface area contributed by atoms with Crippen molar-refractivity contribution in [3.05, 3.63) is 0 Å². The van der Waals surface area contributed by atoms with Crippen LogP contribution in [0.15, 0.2) is 0 Å². The molecule has 0 aromatic heterocycles. The fourth-order valence-electron chi connectivity index (χ4n) is 0.935. The number of carbonyl (C=O) groups is 1. The molecule has 0 aliphatic carbocycles. The van der Waals surface area contributed by atoms with E-state index in [1.54, 1.807) is 0 Å². The van der Waals surface area contributed by atoms with Gasteiger partial charge in [0.05, 0.1) is 12.5 Å². The fourth-order valence-corrected chi connectivity index (χ4v) is 0.935. The summed E-state index contributed by atoms with van der Waals surface area (Å²) in [6.07, 6.45) is 0. The highest BCUT2D eigenvalue weighted by Crippen LogP contribution is 2.16. The molecule has 0 saturated carbocycles. The molecule has 0 saturated heterocycles. The Morgan fingerprint density at radius 3 is 2.08 bits per heavy atom. The molecule has 0 unspecified atom stereocenters. The minimum absolute atomic E-state index is 0.111. The molecular formula is C10H20O3. The third-order valence-corrected chi connectivity index (χ3v) is 1.71. The second kappa shape index (κ2) is 4.61. The van der Waals surface area contributed by atoms with E-state index in [1.807, 2.05) is 34.6 Å². The minimum atomic E-state index is -0.473. The molecule has 0 fully saturated rings. The first kappa shape index (κ1) is 12.4. The van der Waals surface area contributed by atoms with E-state index in [9.17, 15) is 4.79 Å². The lowest BCUT2D eigenvalue weighted by Gasteiger charge is -2.24. The summed E-state index contributed by atoms with van der Waals surface area (Å²) in [7, 11) is 0. The van der Waals surface area contributed by atoms with Crippen LogP contribution in [0.3, 0.4) is 0 Å². The number of hydrogen-bond donors (Lipinski definition) is 1. The van der Waals surface area contributed by atoms with Gasteiger partial charge in [0.15, 0.2) is 0 Å². The zero-order valence-corrected chi connectivity index (χ0v) is 9.13. The normalized spacial score (nSPS) is 14.4. The van der Waals surface area contributed by atoms with Gasteiger partial charge in [-0.05, 0) is 26.7 Å². The lowest BCUT2D eigenvalue weighted by molar-refractivity contribution is -0.163. The third-order valence-electron chi connectivity index (χ3n) is 1.71. The van der Waals surface area contributed by atoms with Crippen molar-refractivity contribution in [1.82, 2.24) is 0 Å². The lowest BCUT2D eigenvalue weighted by atomic mass is 9.97. The molecule has 0 aliphatic rings. The first-order valence-corrected chi connectivity index (χ1v) is 4.61. The lowest BCUT2D eigenvalue weighted by Crippen LogP contribution is -2.32. The average molecular weight is 188 g/mol. The number of ether oxygens (including phenoxy) is 1. The summed E-state index contributed by atoms with van der Waals surface area (Å²) < 4.78 is 5.15. The molecule has 0 amide bonds. The molecule has 0 spiro atoms. The van der Waals surface area contributed by atoms with Crippen LogP contribution in [-0.4, -0.2) is 23.3 Å². The zero-order valence-electron chi connectivity index (χ0n) is 9.13. The second-order valence-corrected chi connectivity index (χ2v) is 4.57. The Morgan fingerprint density at radius 2 is 1.85 bits per heavy atom. The van der Waals surface area contributed by atoms with Crippen LogP contribution in [0.5, 0.6) is 0 Å². The van der Waals surface area contributed by atoms with Crippen molar-refractivity contribution in [2.45, 2.75) is 40.2 Å². The van der Waals surface area contributed by atoms with E-state index in [0.29, 0.717) is 0 Å². The van der Waals surface area contributed by atoms with E-state index in [-0.39, 0.29) is 18.5 Å². The van der Waals surface area contributed by atoms with Crippen LogP contribution in [0, 0.1) is 11.8 Å². The van der Waals surface area contributed by atoms with Gasteiger partial charge in [-0.15, -0.1) is 0 Å². The Hall–Kier alpha value is -0.570. The summed E-state index contributed by atoms with van der Waals surface area (Å²) in [4.78, 5) is 11.4. The van der Waals surface area contributed by atoms with Crippen LogP contribution in [0.2, 0.25) is 0 Å². The first-order valence-electron chi connectivity index (χ1n) is 4.61. The van der Waals surface area contributed by atoms with Gasteiger partial charge in [-0.2, -0.15) is 0 Å². The first-order chi connectivity index (χ1) is 5.78. The smallest absolute Gasteiger partial charge is 0.312 e. The van der Waals surface area contributed by atoms with Gasteiger partial charge in [-0.25, -0.2) is 0 Å². The Balaban J connectivity index is 4.23. The number of aliphatic hydroxyl groups is 1. The van der Waals surface area contributed by atoms with E-state index in [1.165, 1.54) is 0 Å². The maximum Gasteiger partial charge on any atom is 0.312 e.